The van der Waals surface area contributed by atoms with Crippen LogP contribution in [0.15, 0.2) is 18.2 Å². The van der Waals surface area contributed by atoms with E-state index in [1.54, 1.807) is 0 Å². The molecule has 0 aliphatic carbocycles. The molecule has 0 aliphatic rings. The predicted octanol–water partition coefficient (Wildman–Crippen LogP) is 3.20. The van der Waals surface area contributed by atoms with Crippen LogP contribution < -0.4 is 4.74 Å². The molecule has 1 aromatic carbocycles. The van der Waals surface area contributed by atoms with E-state index in [1.807, 2.05) is 0 Å². The third kappa shape index (κ3) is 4.78. The van der Waals surface area contributed by atoms with Gasteiger partial charge in [0, 0.05) is 5.56 Å². The molecule has 0 radical (unpaired) electrons. The number of halogens is 6. The van der Waals surface area contributed by atoms with Crippen LogP contribution in [0.4, 0.5) is 26.3 Å². The molecule has 3 nitrogen and oxygen atoms in total. The minimum absolute atomic E-state index is 0.0254. The van der Waals surface area contributed by atoms with Crippen molar-refractivity contribution in [2.24, 2.45) is 0 Å². The van der Waals surface area contributed by atoms with Crippen LogP contribution in [0.5, 0.6) is 5.75 Å². The monoisotopic (exact) mass is 318 g/mol. The minimum Gasteiger partial charge on any atom is -0.496 e. The Kier molecular flexibility index (Phi) is 5.46. The van der Waals surface area contributed by atoms with E-state index in [-0.39, 0.29) is 11.3 Å². The second kappa shape index (κ2) is 6.52. The lowest BCUT2D eigenvalue weighted by Crippen LogP contribution is -2.44. The number of aliphatic hydroxyl groups is 1. The lowest BCUT2D eigenvalue weighted by atomic mass is 10.1. The van der Waals surface area contributed by atoms with Gasteiger partial charge in [0.05, 0.1) is 20.3 Å². The van der Waals surface area contributed by atoms with Gasteiger partial charge in [-0.3, -0.25) is 0 Å². The summed E-state index contributed by atoms with van der Waals surface area (Å²) in [6.07, 6.45) is -15.0. The number of benzene rings is 1. The van der Waals surface area contributed by atoms with Crippen LogP contribution >= 0.6 is 0 Å². The zero-order chi connectivity index (χ0) is 16.3. The van der Waals surface area contributed by atoms with Gasteiger partial charge in [-0.1, -0.05) is 6.07 Å². The first-order valence-electron chi connectivity index (χ1n) is 5.61. The maximum Gasteiger partial charge on any atom is 0.423 e. The van der Waals surface area contributed by atoms with Crippen LogP contribution in [0, 0.1) is 0 Å². The third-order valence-corrected chi connectivity index (χ3v) is 2.53. The summed E-state index contributed by atoms with van der Waals surface area (Å²) in [5.74, 6) is 0.0651. The molecule has 0 aromatic heterocycles. The van der Waals surface area contributed by atoms with E-state index >= 15 is 0 Å². The normalized spacial score (nSPS) is 12.8. The highest BCUT2D eigenvalue weighted by Gasteiger charge is 2.58. The highest BCUT2D eigenvalue weighted by atomic mass is 19.4. The van der Waals surface area contributed by atoms with E-state index in [0.29, 0.717) is 5.56 Å². The number of ether oxygens (including phenoxy) is 2. The summed E-state index contributed by atoms with van der Waals surface area (Å²) in [6, 6.07) is 3.95. The fourth-order valence-corrected chi connectivity index (χ4v) is 1.59. The van der Waals surface area contributed by atoms with E-state index in [9.17, 15) is 26.3 Å². The van der Waals surface area contributed by atoms with Crippen molar-refractivity contribution in [3.8, 4) is 5.75 Å². The van der Waals surface area contributed by atoms with Crippen LogP contribution in [-0.2, 0) is 18.0 Å². The Morgan fingerprint density at radius 2 is 1.67 bits per heavy atom. The highest BCUT2D eigenvalue weighted by molar-refractivity contribution is 5.36. The molecule has 1 N–H and O–H groups in total. The van der Waals surface area contributed by atoms with E-state index in [1.165, 1.54) is 25.3 Å². The molecule has 0 bridgehead atoms. The van der Waals surface area contributed by atoms with Gasteiger partial charge >= 0.3 is 12.4 Å². The van der Waals surface area contributed by atoms with Crippen molar-refractivity contribution in [2.75, 3.05) is 7.11 Å². The van der Waals surface area contributed by atoms with Crippen molar-refractivity contribution in [1.29, 1.82) is 0 Å². The molecule has 0 saturated heterocycles. The van der Waals surface area contributed by atoms with Gasteiger partial charge in [0.15, 0.2) is 0 Å². The number of alkyl halides is 6. The van der Waals surface area contributed by atoms with Crippen LogP contribution in [0.2, 0.25) is 0 Å². The summed E-state index contributed by atoms with van der Waals surface area (Å²) in [5, 5.41) is 8.92. The van der Waals surface area contributed by atoms with Gasteiger partial charge in [-0.15, -0.1) is 0 Å². The Morgan fingerprint density at radius 1 is 1.10 bits per heavy atom. The van der Waals surface area contributed by atoms with Crippen molar-refractivity contribution in [1.82, 2.24) is 0 Å². The number of methoxy groups -OCH3 is 1. The van der Waals surface area contributed by atoms with Crippen LogP contribution in [0.1, 0.15) is 11.1 Å². The zero-order valence-corrected chi connectivity index (χ0v) is 10.8. The van der Waals surface area contributed by atoms with Crippen molar-refractivity contribution >= 4 is 0 Å². The standard InChI is InChI=1S/C12H12F6O3/c1-20-9-3-2-7(5-19)4-8(9)6-21-10(11(13,14)15)12(16,17)18/h2-4,10,19H,5-6H2,1H3. The largest absolute Gasteiger partial charge is 0.496 e. The van der Waals surface area contributed by atoms with Crippen LogP contribution in [0.3, 0.4) is 0 Å². The number of hydrogen-bond donors (Lipinski definition) is 1. The van der Waals surface area contributed by atoms with Gasteiger partial charge < -0.3 is 14.6 Å². The van der Waals surface area contributed by atoms with Gasteiger partial charge in [0.1, 0.15) is 5.75 Å². The van der Waals surface area contributed by atoms with Gasteiger partial charge in [0.25, 0.3) is 0 Å². The fourth-order valence-electron chi connectivity index (χ4n) is 1.59. The van der Waals surface area contributed by atoms with Crippen LogP contribution in [-0.4, -0.2) is 30.7 Å². The Bertz CT molecular complexity index is 455. The molecule has 0 heterocycles. The van der Waals surface area contributed by atoms with E-state index in [2.05, 4.69) is 4.74 Å². The lowest BCUT2D eigenvalue weighted by Gasteiger charge is -2.23. The van der Waals surface area contributed by atoms with Crippen LogP contribution in [0.25, 0.3) is 0 Å². The summed E-state index contributed by atoms with van der Waals surface area (Å²) in [5.41, 5.74) is 0.285. The minimum atomic E-state index is -5.57. The average Bonchev–Trinajstić information content (AvgIpc) is 2.35. The SMILES string of the molecule is COc1ccc(CO)cc1COC(C(F)(F)F)C(F)(F)F. The Morgan fingerprint density at radius 3 is 2.10 bits per heavy atom. The molecule has 0 spiro atoms. The summed E-state index contributed by atoms with van der Waals surface area (Å²) in [7, 11) is 1.21. The molecule has 1 aromatic rings. The fraction of sp³-hybridized carbons (Fsp3) is 0.500. The maximum atomic E-state index is 12.3. The molecule has 0 fully saturated rings. The average molecular weight is 318 g/mol. The molecule has 0 saturated carbocycles. The van der Waals surface area contributed by atoms with E-state index in [0.717, 1.165) is 0 Å². The van der Waals surface area contributed by atoms with Gasteiger partial charge in [-0.2, -0.15) is 26.3 Å². The molecule has 120 valence electrons. The molecule has 1 rings (SSSR count). The maximum absolute atomic E-state index is 12.3. The number of hydrogen-bond acceptors (Lipinski definition) is 3. The lowest BCUT2D eigenvalue weighted by molar-refractivity contribution is -0.324. The Hall–Kier alpha value is -1.48. The number of aliphatic hydroxyl groups excluding tert-OH is 1. The molecule has 0 aliphatic heterocycles. The summed E-state index contributed by atoms with van der Waals surface area (Å²) >= 11 is 0. The van der Waals surface area contributed by atoms with E-state index < -0.39 is 31.7 Å². The Balaban J connectivity index is 2.95. The van der Waals surface area contributed by atoms with Gasteiger partial charge in [-0.05, 0) is 17.7 Å². The molecule has 0 amide bonds. The van der Waals surface area contributed by atoms with Gasteiger partial charge in [0.2, 0.25) is 6.10 Å². The summed E-state index contributed by atoms with van der Waals surface area (Å²) in [4.78, 5) is 0. The van der Waals surface area contributed by atoms with Crippen molar-refractivity contribution in [2.45, 2.75) is 31.7 Å². The first kappa shape index (κ1) is 17.6. The molecule has 9 heteroatoms. The smallest absolute Gasteiger partial charge is 0.423 e. The van der Waals surface area contributed by atoms with Crippen molar-refractivity contribution < 1.29 is 40.9 Å². The highest BCUT2D eigenvalue weighted by Crippen LogP contribution is 2.36. The molecule has 21 heavy (non-hydrogen) atoms. The first-order chi connectivity index (χ1) is 9.59. The molecule has 0 unspecified atom stereocenters. The zero-order valence-electron chi connectivity index (χ0n) is 10.8. The van der Waals surface area contributed by atoms with Crippen molar-refractivity contribution in [3.63, 3.8) is 0 Å². The molecular weight excluding hydrogens is 306 g/mol. The number of rotatable bonds is 5. The second-order valence-electron chi connectivity index (χ2n) is 4.08. The summed E-state index contributed by atoms with van der Waals surface area (Å²) < 4.78 is 82.8. The summed E-state index contributed by atoms with van der Waals surface area (Å²) in [6.45, 7) is -1.38. The Labute approximate surface area is 116 Å². The van der Waals surface area contributed by atoms with Gasteiger partial charge in [-0.25, -0.2) is 0 Å². The molecule has 0 atom stereocenters. The third-order valence-electron chi connectivity index (χ3n) is 2.53. The first-order valence-corrected chi connectivity index (χ1v) is 5.61. The topological polar surface area (TPSA) is 38.7 Å². The molecular formula is C12H12F6O3. The van der Waals surface area contributed by atoms with E-state index in [4.69, 9.17) is 9.84 Å². The quantitative estimate of drug-likeness (QED) is 0.848. The predicted molar refractivity (Wildman–Crippen MR) is 59.6 cm³/mol. The van der Waals surface area contributed by atoms with Crippen molar-refractivity contribution in [3.05, 3.63) is 29.3 Å². The second-order valence-corrected chi connectivity index (χ2v) is 4.08.